The van der Waals surface area contributed by atoms with E-state index >= 15 is 0 Å². The maximum Gasteiger partial charge on any atom is 0.238 e. The number of carbonyl (C=O) groups excluding carboxylic acids is 1. The highest BCUT2D eigenvalue weighted by atomic mass is 32.2. The monoisotopic (exact) mass is 399 g/mol. The Morgan fingerprint density at radius 1 is 1.38 bits per heavy atom. The summed E-state index contributed by atoms with van der Waals surface area (Å²) in [5.74, 6) is 0.806. The second-order valence-corrected chi connectivity index (χ2v) is 9.87. The van der Waals surface area contributed by atoms with Crippen LogP contribution in [-0.2, 0) is 23.4 Å². The Labute approximate surface area is 165 Å². The third-order valence-corrected chi connectivity index (χ3v) is 7.97. The Kier molecular flexibility index (Phi) is 5.07. The number of fused-ring (bicyclic) bond motifs is 2. The number of carbonyl (C=O) groups is 1. The standard InChI is InChI=1S/C19H17N3OS3/c1-11(25-19-21-15-7-3-2-5-12(15)10-24-19)17(23)22-18-14(9-20)13-6-4-8-16(13)26-18/h2-3,5,7,11H,4,6,8,10H2,1H3,(H,22,23)/t11-/m1/s1. The normalized spacial score (nSPS) is 16.2. The fourth-order valence-corrected chi connectivity index (χ4v) is 6.53. The molecule has 2 aliphatic rings. The van der Waals surface area contributed by atoms with Gasteiger partial charge in [0.05, 0.1) is 16.5 Å². The lowest BCUT2D eigenvalue weighted by molar-refractivity contribution is -0.115. The van der Waals surface area contributed by atoms with Crippen LogP contribution in [-0.4, -0.2) is 15.5 Å². The van der Waals surface area contributed by atoms with Crippen molar-refractivity contribution in [3.05, 3.63) is 45.8 Å². The van der Waals surface area contributed by atoms with Gasteiger partial charge in [0.15, 0.2) is 0 Å². The van der Waals surface area contributed by atoms with E-state index in [4.69, 9.17) is 0 Å². The van der Waals surface area contributed by atoms with E-state index in [0.717, 1.165) is 40.6 Å². The molecule has 2 heterocycles. The fraction of sp³-hybridized carbons (Fsp3) is 0.316. The Balaban J connectivity index is 1.45. The van der Waals surface area contributed by atoms with Crippen LogP contribution in [0.25, 0.3) is 0 Å². The van der Waals surface area contributed by atoms with Crippen molar-refractivity contribution < 1.29 is 4.79 Å². The van der Waals surface area contributed by atoms with Crippen molar-refractivity contribution in [2.45, 2.75) is 37.2 Å². The molecule has 0 spiro atoms. The maximum absolute atomic E-state index is 12.6. The molecule has 0 unspecified atom stereocenters. The molecular formula is C19H17N3OS3. The molecule has 0 saturated heterocycles. The molecule has 1 aliphatic carbocycles. The summed E-state index contributed by atoms with van der Waals surface area (Å²) < 4.78 is 0.917. The number of benzene rings is 1. The zero-order chi connectivity index (χ0) is 18.1. The molecule has 4 nitrogen and oxygen atoms in total. The highest BCUT2D eigenvalue weighted by molar-refractivity contribution is 8.39. The van der Waals surface area contributed by atoms with Crippen molar-refractivity contribution in [2.24, 2.45) is 4.99 Å². The molecule has 0 saturated carbocycles. The summed E-state index contributed by atoms with van der Waals surface area (Å²) in [6.45, 7) is 1.89. The second kappa shape index (κ2) is 7.47. The maximum atomic E-state index is 12.6. The molecule has 1 N–H and O–H groups in total. The fourth-order valence-electron chi connectivity index (χ4n) is 3.10. The molecule has 1 amide bonds. The van der Waals surface area contributed by atoms with Crippen molar-refractivity contribution in [1.82, 2.24) is 0 Å². The van der Waals surface area contributed by atoms with Gasteiger partial charge in [0.1, 0.15) is 15.4 Å². The van der Waals surface area contributed by atoms with E-state index in [2.05, 4.69) is 22.4 Å². The number of rotatable bonds is 3. The number of thiophene rings is 1. The Bertz CT molecular complexity index is 942. The van der Waals surface area contributed by atoms with Gasteiger partial charge in [-0.3, -0.25) is 4.79 Å². The third kappa shape index (κ3) is 3.41. The molecule has 26 heavy (non-hydrogen) atoms. The summed E-state index contributed by atoms with van der Waals surface area (Å²) in [5, 5.41) is 12.9. The molecule has 0 bridgehead atoms. The number of nitrogens with zero attached hydrogens (tertiary/aromatic N) is 2. The molecular weight excluding hydrogens is 382 g/mol. The lowest BCUT2D eigenvalue weighted by atomic mass is 10.1. The highest BCUT2D eigenvalue weighted by Crippen LogP contribution is 2.39. The van der Waals surface area contributed by atoms with Crippen LogP contribution in [0.5, 0.6) is 0 Å². The van der Waals surface area contributed by atoms with E-state index in [-0.39, 0.29) is 11.2 Å². The molecule has 132 valence electrons. The van der Waals surface area contributed by atoms with Crippen LogP contribution in [0.15, 0.2) is 29.3 Å². The largest absolute Gasteiger partial charge is 0.316 e. The summed E-state index contributed by atoms with van der Waals surface area (Å²) in [4.78, 5) is 18.5. The average Bonchev–Trinajstić information content (AvgIpc) is 3.22. The summed E-state index contributed by atoms with van der Waals surface area (Å²) in [6.07, 6.45) is 3.07. The Morgan fingerprint density at radius 2 is 2.23 bits per heavy atom. The topological polar surface area (TPSA) is 65.2 Å². The molecule has 1 aromatic heterocycles. The minimum absolute atomic E-state index is 0.0754. The number of anilines is 1. The predicted octanol–water partition coefficient (Wildman–Crippen LogP) is 5.10. The predicted molar refractivity (Wildman–Crippen MR) is 112 cm³/mol. The molecule has 0 radical (unpaired) electrons. The van der Waals surface area contributed by atoms with Gasteiger partial charge >= 0.3 is 0 Å². The number of hydrogen-bond acceptors (Lipinski definition) is 6. The van der Waals surface area contributed by atoms with Crippen molar-refractivity contribution >= 4 is 55.8 Å². The summed E-state index contributed by atoms with van der Waals surface area (Å²) >= 11 is 4.70. The number of para-hydroxylation sites is 1. The van der Waals surface area contributed by atoms with E-state index in [9.17, 15) is 10.1 Å². The number of nitrogens with one attached hydrogen (secondary N) is 1. The first-order chi connectivity index (χ1) is 12.7. The number of amides is 1. The van der Waals surface area contributed by atoms with Crippen LogP contribution in [0.3, 0.4) is 0 Å². The first-order valence-electron chi connectivity index (χ1n) is 8.47. The number of thioether (sulfide) groups is 2. The molecule has 1 aliphatic heterocycles. The van der Waals surface area contributed by atoms with E-state index in [0.29, 0.717) is 10.6 Å². The van der Waals surface area contributed by atoms with Crippen LogP contribution < -0.4 is 5.32 Å². The molecule has 1 atom stereocenters. The lowest BCUT2D eigenvalue weighted by Crippen LogP contribution is -2.23. The minimum atomic E-state index is -0.269. The van der Waals surface area contributed by atoms with Crippen molar-refractivity contribution in [3.8, 4) is 6.07 Å². The van der Waals surface area contributed by atoms with E-state index in [1.54, 1.807) is 23.1 Å². The van der Waals surface area contributed by atoms with Gasteiger partial charge in [-0.05, 0) is 43.4 Å². The number of aliphatic imine (C=N–C) groups is 1. The van der Waals surface area contributed by atoms with Crippen LogP contribution >= 0.6 is 34.9 Å². The summed E-state index contributed by atoms with van der Waals surface area (Å²) in [5.41, 5.74) is 4.01. The number of nitriles is 1. The van der Waals surface area contributed by atoms with Crippen molar-refractivity contribution in [3.63, 3.8) is 0 Å². The van der Waals surface area contributed by atoms with Crippen LogP contribution in [0.4, 0.5) is 10.7 Å². The lowest BCUT2D eigenvalue weighted by Gasteiger charge is -2.17. The van der Waals surface area contributed by atoms with Gasteiger partial charge in [-0.15, -0.1) is 11.3 Å². The van der Waals surface area contributed by atoms with Gasteiger partial charge < -0.3 is 5.32 Å². The van der Waals surface area contributed by atoms with Gasteiger partial charge in [0.2, 0.25) is 5.91 Å². The molecule has 4 rings (SSSR count). The van der Waals surface area contributed by atoms with Gasteiger partial charge in [-0.1, -0.05) is 41.7 Å². The first-order valence-corrected chi connectivity index (χ1v) is 11.2. The van der Waals surface area contributed by atoms with Crippen LogP contribution in [0.1, 0.15) is 34.9 Å². The first kappa shape index (κ1) is 17.7. The van der Waals surface area contributed by atoms with Crippen LogP contribution in [0, 0.1) is 11.3 Å². The SMILES string of the molecule is C[C@@H](SC1=Nc2ccccc2CS1)C(=O)Nc1sc2c(c1C#N)CCC2. The molecule has 0 fully saturated rings. The van der Waals surface area contributed by atoms with Gasteiger partial charge in [-0.2, -0.15) is 5.26 Å². The Hall–Kier alpha value is -1.75. The van der Waals surface area contributed by atoms with E-state index in [1.807, 2.05) is 25.1 Å². The van der Waals surface area contributed by atoms with Crippen molar-refractivity contribution in [1.29, 1.82) is 5.26 Å². The summed E-state index contributed by atoms with van der Waals surface area (Å²) in [6, 6.07) is 10.4. The average molecular weight is 400 g/mol. The zero-order valence-corrected chi connectivity index (χ0v) is 16.7. The molecule has 7 heteroatoms. The van der Waals surface area contributed by atoms with E-state index in [1.165, 1.54) is 22.2 Å². The Morgan fingerprint density at radius 3 is 3.08 bits per heavy atom. The summed E-state index contributed by atoms with van der Waals surface area (Å²) in [7, 11) is 0. The smallest absolute Gasteiger partial charge is 0.238 e. The number of hydrogen-bond donors (Lipinski definition) is 1. The van der Waals surface area contributed by atoms with Crippen molar-refractivity contribution in [2.75, 3.05) is 5.32 Å². The molecule has 2 aromatic rings. The quantitative estimate of drug-likeness (QED) is 0.779. The van der Waals surface area contributed by atoms with E-state index < -0.39 is 0 Å². The highest BCUT2D eigenvalue weighted by Gasteiger charge is 2.25. The second-order valence-electron chi connectivity index (χ2n) is 6.22. The minimum Gasteiger partial charge on any atom is -0.316 e. The van der Waals surface area contributed by atoms with Gasteiger partial charge in [0.25, 0.3) is 0 Å². The van der Waals surface area contributed by atoms with Crippen LogP contribution in [0.2, 0.25) is 0 Å². The zero-order valence-electron chi connectivity index (χ0n) is 14.2. The van der Waals surface area contributed by atoms with Gasteiger partial charge in [-0.25, -0.2) is 4.99 Å². The molecule has 1 aromatic carbocycles. The number of aryl methyl sites for hydroxylation is 1. The third-order valence-electron chi connectivity index (χ3n) is 4.47. The van der Waals surface area contributed by atoms with Gasteiger partial charge in [0, 0.05) is 10.6 Å².